The lowest BCUT2D eigenvalue weighted by atomic mass is 10.1. The molecular formula is C10H16BrN3. The van der Waals surface area contributed by atoms with Crippen LogP contribution in [-0.2, 0) is 0 Å². The van der Waals surface area contributed by atoms with Crippen molar-refractivity contribution in [3.8, 4) is 0 Å². The Kier molecular flexibility index (Phi) is 2.56. The van der Waals surface area contributed by atoms with Gasteiger partial charge in [0.15, 0.2) is 0 Å². The predicted molar refractivity (Wildman–Crippen MR) is 61.1 cm³/mol. The molecule has 3 nitrogen and oxygen atoms in total. The zero-order valence-electron chi connectivity index (χ0n) is 8.63. The van der Waals surface area contributed by atoms with Gasteiger partial charge in [-0.3, -0.25) is 0 Å². The smallest absolute Gasteiger partial charge is 0.136 e. The van der Waals surface area contributed by atoms with E-state index in [4.69, 9.17) is 5.73 Å². The van der Waals surface area contributed by atoms with E-state index in [9.17, 15) is 0 Å². The van der Waals surface area contributed by atoms with Crippen LogP contribution in [0, 0.1) is 12.8 Å². The van der Waals surface area contributed by atoms with Crippen LogP contribution in [0.15, 0.2) is 4.47 Å². The number of nitrogens with zero attached hydrogens (tertiary/aromatic N) is 2. The first-order valence-corrected chi connectivity index (χ1v) is 5.89. The Balaban J connectivity index is 2.28. The number of aromatic nitrogens is 2. The Hall–Kier alpha value is -0.510. The molecule has 2 unspecified atom stereocenters. The number of aryl methyl sites for hydroxylation is 1. The second-order valence-corrected chi connectivity index (χ2v) is 5.09. The van der Waals surface area contributed by atoms with Crippen molar-refractivity contribution in [2.45, 2.75) is 39.2 Å². The van der Waals surface area contributed by atoms with E-state index in [0.29, 0.717) is 6.04 Å². The maximum Gasteiger partial charge on any atom is 0.136 e. The molecule has 0 saturated heterocycles. The lowest BCUT2D eigenvalue weighted by Crippen LogP contribution is -2.10. The van der Waals surface area contributed by atoms with Gasteiger partial charge >= 0.3 is 0 Å². The Bertz CT molecular complexity index is 345. The average Bonchev–Trinajstić information content (AvgIpc) is 2.66. The van der Waals surface area contributed by atoms with Crippen molar-refractivity contribution >= 4 is 21.7 Å². The summed E-state index contributed by atoms with van der Waals surface area (Å²) < 4.78 is 2.94. The molecule has 1 aliphatic rings. The van der Waals surface area contributed by atoms with E-state index in [1.54, 1.807) is 0 Å². The number of hydrogen-bond donors (Lipinski definition) is 1. The molecule has 0 bridgehead atoms. The van der Waals surface area contributed by atoms with Gasteiger partial charge in [-0.2, -0.15) is 5.10 Å². The van der Waals surface area contributed by atoms with Gasteiger partial charge in [0.25, 0.3) is 0 Å². The van der Waals surface area contributed by atoms with Gasteiger partial charge in [-0.05, 0) is 48.0 Å². The highest BCUT2D eigenvalue weighted by molar-refractivity contribution is 9.10. The van der Waals surface area contributed by atoms with Crippen molar-refractivity contribution in [1.29, 1.82) is 0 Å². The molecule has 1 aliphatic carbocycles. The Labute approximate surface area is 92.8 Å². The van der Waals surface area contributed by atoms with Crippen LogP contribution >= 0.6 is 15.9 Å². The van der Waals surface area contributed by atoms with Crippen molar-refractivity contribution < 1.29 is 0 Å². The summed E-state index contributed by atoms with van der Waals surface area (Å²) in [5, 5.41) is 4.47. The molecule has 2 atom stereocenters. The van der Waals surface area contributed by atoms with E-state index in [1.807, 2.05) is 11.6 Å². The number of halogens is 1. The third kappa shape index (κ3) is 1.56. The van der Waals surface area contributed by atoms with Gasteiger partial charge < -0.3 is 5.73 Å². The van der Waals surface area contributed by atoms with E-state index >= 15 is 0 Å². The molecule has 2 rings (SSSR count). The minimum atomic E-state index is 0.509. The third-order valence-corrected chi connectivity index (χ3v) is 4.04. The predicted octanol–water partition coefficient (Wildman–Crippen LogP) is 2.90. The van der Waals surface area contributed by atoms with E-state index in [2.05, 4.69) is 28.0 Å². The molecule has 1 fully saturated rings. The second-order valence-electron chi connectivity index (χ2n) is 4.30. The van der Waals surface area contributed by atoms with Gasteiger partial charge in [0.1, 0.15) is 5.82 Å². The summed E-state index contributed by atoms with van der Waals surface area (Å²) in [6.45, 7) is 4.27. The van der Waals surface area contributed by atoms with Crippen LogP contribution in [0.4, 0.5) is 5.82 Å². The summed E-state index contributed by atoms with van der Waals surface area (Å²) in [4.78, 5) is 0. The molecule has 78 valence electrons. The van der Waals surface area contributed by atoms with Gasteiger partial charge in [-0.1, -0.05) is 6.92 Å². The summed E-state index contributed by atoms with van der Waals surface area (Å²) in [6.07, 6.45) is 3.71. The van der Waals surface area contributed by atoms with Gasteiger partial charge in [-0.25, -0.2) is 4.68 Å². The highest BCUT2D eigenvalue weighted by Gasteiger charge is 2.25. The van der Waals surface area contributed by atoms with E-state index < -0.39 is 0 Å². The largest absolute Gasteiger partial charge is 0.383 e. The van der Waals surface area contributed by atoms with E-state index in [1.165, 1.54) is 19.3 Å². The molecule has 0 aromatic carbocycles. The molecule has 1 aromatic rings. The summed E-state index contributed by atoms with van der Waals surface area (Å²) in [7, 11) is 0. The molecule has 0 amide bonds. The third-order valence-electron chi connectivity index (χ3n) is 3.06. The van der Waals surface area contributed by atoms with Crippen LogP contribution < -0.4 is 5.73 Å². The molecule has 0 spiro atoms. The summed E-state index contributed by atoms with van der Waals surface area (Å²) in [5.74, 6) is 1.59. The van der Waals surface area contributed by atoms with Crippen LogP contribution in [0.25, 0.3) is 0 Å². The lowest BCUT2D eigenvalue weighted by Gasteiger charge is -2.11. The van der Waals surface area contributed by atoms with Gasteiger partial charge in [0.05, 0.1) is 16.2 Å². The van der Waals surface area contributed by atoms with Gasteiger partial charge in [0.2, 0.25) is 0 Å². The fourth-order valence-corrected chi connectivity index (χ4v) is 2.48. The Morgan fingerprint density at radius 3 is 2.64 bits per heavy atom. The first-order valence-electron chi connectivity index (χ1n) is 5.09. The highest BCUT2D eigenvalue weighted by Crippen LogP contribution is 2.37. The van der Waals surface area contributed by atoms with Crippen LogP contribution in [0.2, 0.25) is 0 Å². The molecule has 0 aliphatic heterocycles. The molecule has 1 heterocycles. The van der Waals surface area contributed by atoms with Crippen molar-refractivity contribution in [3.05, 3.63) is 10.2 Å². The van der Waals surface area contributed by atoms with Crippen LogP contribution in [-0.4, -0.2) is 9.78 Å². The molecule has 1 aromatic heterocycles. The SMILES string of the molecule is Cc1nn(C2CCC(C)C2)c(N)c1Br. The minimum absolute atomic E-state index is 0.509. The van der Waals surface area contributed by atoms with Crippen molar-refractivity contribution in [1.82, 2.24) is 9.78 Å². The standard InChI is InChI=1S/C10H16BrN3/c1-6-3-4-8(5-6)14-10(12)9(11)7(2)13-14/h6,8H,3-5,12H2,1-2H3. The van der Waals surface area contributed by atoms with Crippen molar-refractivity contribution in [2.75, 3.05) is 5.73 Å². The fraction of sp³-hybridized carbons (Fsp3) is 0.700. The monoisotopic (exact) mass is 257 g/mol. The zero-order valence-corrected chi connectivity index (χ0v) is 10.2. The van der Waals surface area contributed by atoms with Crippen LogP contribution in [0.5, 0.6) is 0 Å². The van der Waals surface area contributed by atoms with Gasteiger partial charge in [-0.15, -0.1) is 0 Å². The highest BCUT2D eigenvalue weighted by atomic mass is 79.9. The topological polar surface area (TPSA) is 43.8 Å². The number of hydrogen-bond acceptors (Lipinski definition) is 2. The Morgan fingerprint density at radius 2 is 2.21 bits per heavy atom. The number of anilines is 1. The van der Waals surface area contributed by atoms with E-state index in [0.717, 1.165) is 21.9 Å². The summed E-state index contributed by atoms with van der Waals surface area (Å²) in [6, 6.07) is 0.509. The molecule has 14 heavy (non-hydrogen) atoms. The zero-order chi connectivity index (χ0) is 10.3. The van der Waals surface area contributed by atoms with E-state index in [-0.39, 0.29) is 0 Å². The molecule has 0 radical (unpaired) electrons. The van der Waals surface area contributed by atoms with Crippen LogP contribution in [0.3, 0.4) is 0 Å². The normalized spacial score (nSPS) is 27.1. The quantitative estimate of drug-likeness (QED) is 0.841. The molecule has 2 N–H and O–H groups in total. The first-order chi connectivity index (χ1) is 6.59. The minimum Gasteiger partial charge on any atom is -0.383 e. The average molecular weight is 258 g/mol. The fourth-order valence-electron chi connectivity index (χ4n) is 2.22. The summed E-state index contributed by atoms with van der Waals surface area (Å²) >= 11 is 3.45. The summed E-state index contributed by atoms with van der Waals surface area (Å²) in [5.41, 5.74) is 6.97. The van der Waals surface area contributed by atoms with Gasteiger partial charge in [0, 0.05) is 0 Å². The number of rotatable bonds is 1. The number of nitrogens with two attached hydrogens (primary N) is 1. The maximum atomic E-state index is 5.98. The maximum absolute atomic E-state index is 5.98. The van der Waals surface area contributed by atoms with Crippen molar-refractivity contribution in [2.24, 2.45) is 5.92 Å². The molecule has 4 heteroatoms. The lowest BCUT2D eigenvalue weighted by molar-refractivity contribution is 0.454. The number of nitrogen functional groups attached to an aromatic ring is 1. The van der Waals surface area contributed by atoms with Crippen LogP contribution in [0.1, 0.15) is 37.9 Å². The molecular weight excluding hydrogens is 242 g/mol. The molecule has 1 saturated carbocycles. The van der Waals surface area contributed by atoms with Crippen molar-refractivity contribution in [3.63, 3.8) is 0 Å². The second kappa shape index (κ2) is 3.57. The Morgan fingerprint density at radius 1 is 1.50 bits per heavy atom. The first kappa shape index (κ1) is 10.0.